The van der Waals surface area contributed by atoms with Gasteiger partial charge in [0.05, 0.1) is 6.61 Å². The second kappa shape index (κ2) is 4.59. The van der Waals surface area contributed by atoms with Gasteiger partial charge < -0.3 is 9.72 Å². The van der Waals surface area contributed by atoms with Crippen LogP contribution in [0.15, 0.2) is 15.7 Å². The number of nitrogens with one attached hydrogen (secondary N) is 1. The molecule has 0 aliphatic heterocycles. The SMILES string of the molecule is CCOC(=O)Cn1c(=O)cc(C)[nH]c1=O. The van der Waals surface area contributed by atoms with E-state index in [9.17, 15) is 14.4 Å². The normalized spacial score (nSPS) is 10.0. The highest BCUT2D eigenvalue weighted by Gasteiger charge is 2.08. The number of carbonyl (C=O) groups is 1. The molecule has 0 fully saturated rings. The fourth-order valence-electron chi connectivity index (χ4n) is 1.12. The van der Waals surface area contributed by atoms with Gasteiger partial charge in [-0.25, -0.2) is 9.36 Å². The van der Waals surface area contributed by atoms with Gasteiger partial charge in [-0.2, -0.15) is 0 Å². The van der Waals surface area contributed by atoms with E-state index in [1.165, 1.54) is 6.07 Å². The highest BCUT2D eigenvalue weighted by atomic mass is 16.5. The zero-order valence-electron chi connectivity index (χ0n) is 8.57. The largest absolute Gasteiger partial charge is 0.465 e. The van der Waals surface area contributed by atoms with Gasteiger partial charge in [0.1, 0.15) is 6.54 Å². The molecule has 6 nitrogen and oxygen atoms in total. The van der Waals surface area contributed by atoms with Crippen LogP contribution in [0.2, 0.25) is 0 Å². The maximum absolute atomic E-state index is 11.3. The fraction of sp³-hybridized carbons (Fsp3) is 0.444. The van der Waals surface area contributed by atoms with Crippen LogP contribution in [0.5, 0.6) is 0 Å². The third-order valence-corrected chi connectivity index (χ3v) is 1.75. The first-order valence-corrected chi connectivity index (χ1v) is 4.51. The molecule has 0 atom stereocenters. The Morgan fingerprint density at radius 3 is 2.73 bits per heavy atom. The summed E-state index contributed by atoms with van der Waals surface area (Å²) in [6.45, 7) is 3.11. The first-order chi connectivity index (χ1) is 7.04. The van der Waals surface area contributed by atoms with Crippen LogP contribution in [-0.4, -0.2) is 22.1 Å². The van der Waals surface area contributed by atoms with Crippen molar-refractivity contribution >= 4 is 5.97 Å². The molecule has 6 heteroatoms. The third-order valence-electron chi connectivity index (χ3n) is 1.75. The number of rotatable bonds is 3. The Kier molecular flexibility index (Phi) is 3.43. The van der Waals surface area contributed by atoms with Crippen molar-refractivity contribution in [1.29, 1.82) is 0 Å². The van der Waals surface area contributed by atoms with Gasteiger partial charge in [-0.05, 0) is 13.8 Å². The van der Waals surface area contributed by atoms with Crippen LogP contribution in [0.25, 0.3) is 0 Å². The quantitative estimate of drug-likeness (QED) is 0.679. The summed E-state index contributed by atoms with van der Waals surface area (Å²) in [5, 5.41) is 0. The van der Waals surface area contributed by atoms with Gasteiger partial charge >= 0.3 is 11.7 Å². The highest BCUT2D eigenvalue weighted by molar-refractivity contribution is 5.69. The molecule has 0 unspecified atom stereocenters. The minimum absolute atomic E-state index is 0.220. The molecule has 1 aromatic rings. The first-order valence-electron chi connectivity index (χ1n) is 4.51. The van der Waals surface area contributed by atoms with E-state index in [0.29, 0.717) is 5.69 Å². The van der Waals surface area contributed by atoms with Crippen LogP contribution in [0.1, 0.15) is 12.6 Å². The number of aromatic nitrogens is 2. The number of hydrogen-bond acceptors (Lipinski definition) is 4. The number of ether oxygens (including phenoxy) is 1. The molecule has 0 saturated carbocycles. The number of nitrogens with zero attached hydrogens (tertiary/aromatic N) is 1. The van der Waals surface area contributed by atoms with E-state index in [1.807, 2.05) is 0 Å². The van der Waals surface area contributed by atoms with Gasteiger partial charge in [0, 0.05) is 11.8 Å². The molecule has 0 saturated heterocycles. The molecule has 0 aliphatic rings. The minimum Gasteiger partial charge on any atom is -0.465 e. The van der Waals surface area contributed by atoms with Gasteiger partial charge in [-0.1, -0.05) is 0 Å². The lowest BCUT2D eigenvalue weighted by Crippen LogP contribution is -2.37. The summed E-state index contributed by atoms with van der Waals surface area (Å²) in [5.74, 6) is -0.603. The molecule has 1 N–H and O–H groups in total. The van der Waals surface area contributed by atoms with Gasteiger partial charge in [0.2, 0.25) is 0 Å². The molecule has 82 valence electrons. The van der Waals surface area contributed by atoms with E-state index in [0.717, 1.165) is 4.57 Å². The average Bonchev–Trinajstić information content (AvgIpc) is 2.11. The van der Waals surface area contributed by atoms with Crippen molar-refractivity contribution in [1.82, 2.24) is 9.55 Å². The lowest BCUT2D eigenvalue weighted by atomic mass is 10.4. The summed E-state index contributed by atoms with van der Waals surface area (Å²) in [4.78, 5) is 36.1. The second-order valence-electron chi connectivity index (χ2n) is 2.99. The van der Waals surface area contributed by atoms with Crippen LogP contribution < -0.4 is 11.2 Å². The lowest BCUT2D eigenvalue weighted by molar-refractivity contribution is -0.143. The fourth-order valence-corrected chi connectivity index (χ4v) is 1.12. The number of hydrogen-bond donors (Lipinski definition) is 1. The molecule has 1 rings (SSSR count). The van der Waals surface area contributed by atoms with Crippen molar-refractivity contribution in [3.05, 3.63) is 32.6 Å². The molecule has 0 spiro atoms. The van der Waals surface area contributed by atoms with E-state index < -0.39 is 17.2 Å². The summed E-state index contributed by atoms with van der Waals surface area (Å²) in [5.41, 5.74) is -0.650. The van der Waals surface area contributed by atoms with Crippen molar-refractivity contribution in [2.24, 2.45) is 0 Å². The van der Waals surface area contributed by atoms with E-state index in [-0.39, 0.29) is 13.2 Å². The lowest BCUT2D eigenvalue weighted by Gasteiger charge is -2.04. The van der Waals surface area contributed by atoms with Crippen molar-refractivity contribution < 1.29 is 9.53 Å². The summed E-state index contributed by atoms with van der Waals surface area (Å²) in [7, 11) is 0. The summed E-state index contributed by atoms with van der Waals surface area (Å²) < 4.78 is 5.43. The topological polar surface area (TPSA) is 81.2 Å². The second-order valence-corrected chi connectivity index (χ2v) is 2.99. The average molecular weight is 212 g/mol. The predicted octanol–water partition coefficient (Wildman–Crippen LogP) is -0.592. The van der Waals surface area contributed by atoms with Gasteiger partial charge in [-0.3, -0.25) is 9.59 Å². The summed E-state index contributed by atoms with van der Waals surface area (Å²) in [6, 6.07) is 1.25. The van der Waals surface area contributed by atoms with E-state index in [2.05, 4.69) is 9.72 Å². The van der Waals surface area contributed by atoms with Gasteiger partial charge in [-0.15, -0.1) is 0 Å². The molecule has 0 aliphatic carbocycles. The van der Waals surface area contributed by atoms with Gasteiger partial charge in [0.25, 0.3) is 5.56 Å². The molecular weight excluding hydrogens is 200 g/mol. The Bertz CT molecular complexity index is 440. The van der Waals surface area contributed by atoms with Crippen LogP contribution in [0, 0.1) is 6.92 Å². The van der Waals surface area contributed by atoms with Crippen LogP contribution in [0.4, 0.5) is 0 Å². The Morgan fingerprint density at radius 1 is 1.53 bits per heavy atom. The summed E-state index contributed by atoms with van der Waals surface area (Å²) >= 11 is 0. The molecule has 1 aromatic heterocycles. The third kappa shape index (κ3) is 2.80. The van der Waals surface area contributed by atoms with Crippen molar-refractivity contribution in [2.75, 3.05) is 6.61 Å². The number of esters is 1. The Hall–Kier alpha value is -1.85. The van der Waals surface area contributed by atoms with Crippen molar-refractivity contribution in [2.45, 2.75) is 20.4 Å². The molecule has 0 amide bonds. The van der Waals surface area contributed by atoms with E-state index in [4.69, 9.17) is 0 Å². The van der Waals surface area contributed by atoms with E-state index >= 15 is 0 Å². The van der Waals surface area contributed by atoms with Crippen LogP contribution in [0.3, 0.4) is 0 Å². The number of aryl methyl sites for hydroxylation is 1. The molecule has 0 aromatic carbocycles. The molecule has 0 bridgehead atoms. The minimum atomic E-state index is -0.604. The molecule has 15 heavy (non-hydrogen) atoms. The van der Waals surface area contributed by atoms with Crippen molar-refractivity contribution in [3.8, 4) is 0 Å². The zero-order valence-corrected chi connectivity index (χ0v) is 8.57. The Morgan fingerprint density at radius 2 is 2.20 bits per heavy atom. The van der Waals surface area contributed by atoms with Crippen molar-refractivity contribution in [3.63, 3.8) is 0 Å². The summed E-state index contributed by atoms with van der Waals surface area (Å²) in [6.07, 6.45) is 0. The van der Waals surface area contributed by atoms with E-state index in [1.54, 1.807) is 13.8 Å². The molecule has 0 radical (unpaired) electrons. The van der Waals surface area contributed by atoms with Crippen LogP contribution >= 0.6 is 0 Å². The highest BCUT2D eigenvalue weighted by Crippen LogP contribution is 1.83. The van der Waals surface area contributed by atoms with Crippen LogP contribution in [-0.2, 0) is 16.1 Å². The zero-order chi connectivity index (χ0) is 11.4. The first kappa shape index (κ1) is 11.2. The Balaban J connectivity index is 3.01. The number of H-pyrrole nitrogens is 1. The maximum Gasteiger partial charge on any atom is 0.329 e. The standard InChI is InChI=1S/C9H12N2O4/c1-3-15-8(13)5-11-7(12)4-6(2)10-9(11)14/h4H,3,5H2,1-2H3,(H,10,14). The molecule has 1 heterocycles. The number of aromatic amines is 1. The monoisotopic (exact) mass is 212 g/mol. The Labute approximate surface area is 85.5 Å². The number of carbonyl (C=O) groups excluding carboxylic acids is 1. The van der Waals surface area contributed by atoms with Gasteiger partial charge in [0.15, 0.2) is 0 Å². The predicted molar refractivity (Wildman–Crippen MR) is 52.7 cm³/mol. The maximum atomic E-state index is 11.3. The molecular formula is C9H12N2O4. The smallest absolute Gasteiger partial charge is 0.329 e.